The number of H-pyrrole nitrogens is 1. The number of hydrogen-bond donors (Lipinski definition) is 1. The van der Waals surface area contributed by atoms with Gasteiger partial charge in [-0.05, 0) is 18.1 Å². The van der Waals surface area contributed by atoms with Crippen LogP contribution in [-0.4, -0.2) is 45.7 Å². The summed E-state index contributed by atoms with van der Waals surface area (Å²) in [6.07, 6.45) is 2.59. The van der Waals surface area contributed by atoms with Crippen LogP contribution in [0.15, 0.2) is 24.3 Å². The number of carbonyl (C=O) groups is 2. The monoisotopic (exact) mass is 311 g/mol. The topological polar surface area (TPSA) is 56.4 Å². The Kier molecular flexibility index (Phi) is 3.36. The van der Waals surface area contributed by atoms with Crippen LogP contribution >= 0.6 is 0 Å². The summed E-state index contributed by atoms with van der Waals surface area (Å²) >= 11 is 0. The second kappa shape index (κ2) is 5.41. The first-order valence-corrected chi connectivity index (χ1v) is 8.35. The zero-order valence-corrected chi connectivity index (χ0v) is 13.3. The molecular weight excluding hydrogens is 290 g/mol. The van der Waals surface area contributed by atoms with Crippen molar-refractivity contribution in [3.63, 3.8) is 0 Å². The third-order valence-corrected chi connectivity index (χ3v) is 5.03. The molecule has 1 aromatic heterocycles. The first-order valence-electron chi connectivity index (χ1n) is 8.35. The van der Waals surface area contributed by atoms with E-state index in [1.807, 2.05) is 18.2 Å². The zero-order chi connectivity index (χ0) is 16.0. The van der Waals surface area contributed by atoms with Gasteiger partial charge in [-0.15, -0.1) is 0 Å². The average Bonchev–Trinajstić information content (AvgIpc) is 2.93. The van der Waals surface area contributed by atoms with Crippen LogP contribution in [0.1, 0.15) is 31.0 Å². The molecule has 2 amide bonds. The van der Waals surface area contributed by atoms with Crippen LogP contribution in [0, 0.1) is 0 Å². The Balaban J connectivity index is 1.69. The lowest BCUT2D eigenvalue weighted by atomic mass is 9.94. The molecular formula is C18H21N3O2. The number of amides is 2. The molecule has 23 heavy (non-hydrogen) atoms. The summed E-state index contributed by atoms with van der Waals surface area (Å²) in [4.78, 5) is 32.2. The SMILES string of the molecule is CCCCN1CC(=O)N2Cc3[nH]c4ccccc4c3C[C@H]2C1=O. The molecule has 0 spiro atoms. The highest BCUT2D eigenvalue weighted by atomic mass is 16.2. The number of unbranched alkanes of at least 4 members (excludes halogenated alkanes) is 1. The Morgan fingerprint density at radius 2 is 2.04 bits per heavy atom. The van der Waals surface area contributed by atoms with Crippen molar-refractivity contribution in [1.82, 2.24) is 14.8 Å². The van der Waals surface area contributed by atoms with Crippen molar-refractivity contribution in [3.8, 4) is 0 Å². The maximum absolute atomic E-state index is 12.8. The number of piperazine rings is 1. The predicted octanol–water partition coefficient (Wildman–Crippen LogP) is 2.06. The number of aromatic nitrogens is 1. The highest BCUT2D eigenvalue weighted by Gasteiger charge is 2.42. The standard InChI is InChI=1S/C18H21N3O2/c1-2-3-8-20-11-17(22)21-10-15-13(9-16(21)18(20)23)12-6-4-5-7-14(12)19-15/h4-7,16,19H,2-3,8-11H2,1H3/t16-/m0/s1. The summed E-state index contributed by atoms with van der Waals surface area (Å²) < 4.78 is 0. The molecule has 1 fully saturated rings. The van der Waals surface area contributed by atoms with Crippen LogP contribution in [0.4, 0.5) is 0 Å². The lowest BCUT2D eigenvalue weighted by molar-refractivity contribution is -0.157. The number of rotatable bonds is 3. The molecule has 1 atom stereocenters. The van der Waals surface area contributed by atoms with Gasteiger partial charge in [0, 0.05) is 29.6 Å². The highest BCUT2D eigenvalue weighted by Crippen LogP contribution is 2.32. The Morgan fingerprint density at radius 3 is 2.87 bits per heavy atom. The van der Waals surface area contributed by atoms with Gasteiger partial charge >= 0.3 is 0 Å². The van der Waals surface area contributed by atoms with Gasteiger partial charge in [-0.3, -0.25) is 9.59 Å². The van der Waals surface area contributed by atoms with Gasteiger partial charge in [-0.2, -0.15) is 0 Å². The van der Waals surface area contributed by atoms with Crippen molar-refractivity contribution in [2.24, 2.45) is 0 Å². The Hall–Kier alpha value is -2.30. The molecule has 0 radical (unpaired) electrons. The number of fused-ring (bicyclic) bond motifs is 4. The largest absolute Gasteiger partial charge is 0.357 e. The quantitative estimate of drug-likeness (QED) is 0.943. The van der Waals surface area contributed by atoms with E-state index in [-0.39, 0.29) is 24.4 Å². The van der Waals surface area contributed by atoms with Crippen molar-refractivity contribution >= 4 is 22.7 Å². The van der Waals surface area contributed by atoms with Crippen LogP contribution < -0.4 is 0 Å². The molecule has 5 heteroatoms. The fourth-order valence-corrected chi connectivity index (χ4v) is 3.77. The Labute approximate surface area is 135 Å². The van der Waals surface area contributed by atoms with Crippen LogP contribution in [0.3, 0.4) is 0 Å². The van der Waals surface area contributed by atoms with Gasteiger partial charge in [0.05, 0.1) is 13.1 Å². The lowest BCUT2D eigenvalue weighted by Crippen LogP contribution is -2.61. The number of benzene rings is 1. The molecule has 0 unspecified atom stereocenters. The first-order chi connectivity index (χ1) is 11.2. The van der Waals surface area contributed by atoms with Gasteiger partial charge in [-0.25, -0.2) is 0 Å². The molecule has 5 nitrogen and oxygen atoms in total. The molecule has 0 bridgehead atoms. The zero-order valence-electron chi connectivity index (χ0n) is 13.3. The van der Waals surface area contributed by atoms with Gasteiger partial charge in [0.15, 0.2) is 0 Å². The Morgan fingerprint density at radius 1 is 1.22 bits per heavy atom. The second-order valence-electron chi connectivity index (χ2n) is 6.48. The lowest BCUT2D eigenvalue weighted by Gasteiger charge is -2.42. The van der Waals surface area contributed by atoms with Crippen molar-refractivity contribution in [1.29, 1.82) is 0 Å². The van der Waals surface area contributed by atoms with Crippen molar-refractivity contribution in [3.05, 3.63) is 35.5 Å². The van der Waals surface area contributed by atoms with E-state index in [1.165, 1.54) is 10.9 Å². The molecule has 1 aromatic carbocycles. The fourth-order valence-electron chi connectivity index (χ4n) is 3.77. The van der Waals surface area contributed by atoms with E-state index in [9.17, 15) is 9.59 Å². The van der Waals surface area contributed by atoms with Crippen molar-refractivity contribution in [2.45, 2.75) is 38.8 Å². The molecule has 2 aromatic rings. The maximum Gasteiger partial charge on any atom is 0.246 e. The summed E-state index contributed by atoms with van der Waals surface area (Å²) in [5, 5.41) is 1.17. The molecule has 2 aliphatic rings. The minimum atomic E-state index is -0.334. The van der Waals surface area contributed by atoms with Crippen LogP contribution in [0.25, 0.3) is 10.9 Å². The number of nitrogens with one attached hydrogen (secondary N) is 1. The minimum Gasteiger partial charge on any atom is -0.357 e. The normalized spacial score (nSPS) is 20.8. The predicted molar refractivity (Wildman–Crippen MR) is 87.8 cm³/mol. The third-order valence-electron chi connectivity index (χ3n) is 5.03. The van der Waals surface area contributed by atoms with Crippen LogP contribution in [-0.2, 0) is 22.6 Å². The van der Waals surface area contributed by atoms with E-state index in [1.54, 1.807) is 9.80 Å². The molecule has 0 saturated carbocycles. The smallest absolute Gasteiger partial charge is 0.246 e. The number of carbonyl (C=O) groups excluding carboxylic acids is 2. The van der Waals surface area contributed by atoms with E-state index < -0.39 is 0 Å². The van der Waals surface area contributed by atoms with Gasteiger partial charge in [0.2, 0.25) is 11.8 Å². The van der Waals surface area contributed by atoms with E-state index in [0.29, 0.717) is 19.5 Å². The summed E-state index contributed by atoms with van der Waals surface area (Å²) in [5.41, 5.74) is 3.35. The van der Waals surface area contributed by atoms with E-state index in [2.05, 4.69) is 18.0 Å². The number of para-hydroxylation sites is 1. The maximum atomic E-state index is 12.8. The molecule has 1 N–H and O–H groups in total. The van der Waals surface area contributed by atoms with Gasteiger partial charge < -0.3 is 14.8 Å². The highest BCUT2D eigenvalue weighted by molar-refractivity contribution is 5.96. The van der Waals surface area contributed by atoms with Crippen LogP contribution in [0.5, 0.6) is 0 Å². The number of aromatic amines is 1. The first kappa shape index (κ1) is 14.3. The third kappa shape index (κ3) is 2.22. The summed E-state index contributed by atoms with van der Waals surface area (Å²) in [7, 11) is 0. The van der Waals surface area contributed by atoms with Crippen molar-refractivity contribution < 1.29 is 9.59 Å². The molecule has 3 heterocycles. The fraction of sp³-hybridized carbons (Fsp3) is 0.444. The summed E-state index contributed by atoms with van der Waals surface area (Å²) in [6.45, 7) is 3.53. The molecule has 2 aliphatic heterocycles. The molecule has 0 aliphatic carbocycles. The van der Waals surface area contributed by atoms with Gasteiger partial charge in [0.1, 0.15) is 6.04 Å². The molecule has 1 saturated heterocycles. The number of hydrogen-bond acceptors (Lipinski definition) is 2. The number of nitrogens with zero attached hydrogens (tertiary/aromatic N) is 2. The van der Waals surface area contributed by atoms with Gasteiger partial charge in [-0.1, -0.05) is 31.5 Å². The second-order valence-corrected chi connectivity index (χ2v) is 6.48. The van der Waals surface area contributed by atoms with E-state index in [4.69, 9.17) is 0 Å². The van der Waals surface area contributed by atoms with Gasteiger partial charge in [0.25, 0.3) is 0 Å². The summed E-state index contributed by atoms with van der Waals surface area (Å²) in [6, 6.07) is 7.82. The average molecular weight is 311 g/mol. The Bertz CT molecular complexity index is 780. The van der Waals surface area contributed by atoms with E-state index >= 15 is 0 Å². The summed E-state index contributed by atoms with van der Waals surface area (Å²) in [5.74, 6) is 0.170. The van der Waals surface area contributed by atoms with Crippen LogP contribution in [0.2, 0.25) is 0 Å². The van der Waals surface area contributed by atoms with Crippen molar-refractivity contribution in [2.75, 3.05) is 13.1 Å². The van der Waals surface area contributed by atoms with E-state index in [0.717, 1.165) is 24.1 Å². The molecule has 120 valence electrons. The minimum absolute atomic E-state index is 0.0648. The molecule has 4 rings (SSSR count).